The number of anilines is 1. The minimum atomic E-state index is -0.213. The first-order valence-electron chi connectivity index (χ1n) is 6.21. The number of rotatable bonds is 5. The van der Waals surface area contributed by atoms with E-state index in [2.05, 4.69) is 4.98 Å². The predicted octanol–water partition coefficient (Wildman–Crippen LogP) is 2.30. The molecule has 1 heterocycles. The molecule has 0 aliphatic carbocycles. The van der Waals surface area contributed by atoms with Crippen molar-refractivity contribution in [3.05, 3.63) is 47.8 Å². The Morgan fingerprint density at radius 1 is 1.25 bits per heavy atom. The summed E-state index contributed by atoms with van der Waals surface area (Å²) >= 11 is 0. The van der Waals surface area contributed by atoms with Crippen molar-refractivity contribution in [2.24, 2.45) is 0 Å². The van der Waals surface area contributed by atoms with Crippen LogP contribution in [0, 0.1) is 0 Å². The third-order valence-corrected chi connectivity index (χ3v) is 2.79. The van der Waals surface area contributed by atoms with Crippen molar-refractivity contribution in [2.75, 3.05) is 19.5 Å². The largest absolute Gasteiger partial charge is 0.497 e. The summed E-state index contributed by atoms with van der Waals surface area (Å²) in [6, 6.07) is 6.62. The molecule has 0 aliphatic heterocycles. The normalized spacial score (nSPS) is 10.1. The van der Waals surface area contributed by atoms with Crippen molar-refractivity contribution in [3.63, 3.8) is 0 Å². The molecule has 0 aliphatic rings. The number of nitrogen functional groups attached to an aromatic ring is 1. The van der Waals surface area contributed by atoms with Gasteiger partial charge in [0, 0.05) is 23.0 Å². The minimum absolute atomic E-state index is 0.213. The van der Waals surface area contributed by atoms with Crippen molar-refractivity contribution in [2.45, 2.75) is 6.92 Å². The van der Waals surface area contributed by atoms with Crippen LogP contribution in [-0.4, -0.2) is 24.5 Å². The summed E-state index contributed by atoms with van der Waals surface area (Å²) in [5.74, 6) is 0.923. The lowest BCUT2D eigenvalue weighted by molar-refractivity contribution is 0.103. The minimum Gasteiger partial charge on any atom is -0.497 e. The monoisotopic (exact) mass is 272 g/mol. The van der Waals surface area contributed by atoms with E-state index in [1.165, 1.54) is 13.3 Å². The van der Waals surface area contributed by atoms with Gasteiger partial charge in [-0.05, 0) is 31.2 Å². The van der Waals surface area contributed by atoms with Gasteiger partial charge in [0.25, 0.3) is 0 Å². The first-order valence-corrected chi connectivity index (χ1v) is 6.21. The summed E-state index contributed by atoms with van der Waals surface area (Å²) in [4.78, 5) is 16.5. The van der Waals surface area contributed by atoms with Gasteiger partial charge in [0.15, 0.2) is 5.78 Å². The van der Waals surface area contributed by atoms with Crippen LogP contribution < -0.4 is 15.2 Å². The Morgan fingerprint density at radius 2 is 2.05 bits per heavy atom. The van der Waals surface area contributed by atoms with E-state index < -0.39 is 0 Å². The molecule has 20 heavy (non-hydrogen) atoms. The third kappa shape index (κ3) is 2.88. The zero-order chi connectivity index (χ0) is 14.5. The smallest absolute Gasteiger partial charge is 0.196 e. The van der Waals surface area contributed by atoms with E-state index in [-0.39, 0.29) is 5.78 Å². The molecule has 0 bridgehead atoms. The molecule has 0 fully saturated rings. The highest BCUT2D eigenvalue weighted by atomic mass is 16.5. The van der Waals surface area contributed by atoms with Gasteiger partial charge in [-0.15, -0.1) is 0 Å². The molecule has 2 rings (SSSR count). The average molecular weight is 272 g/mol. The lowest BCUT2D eigenvalue weighted by Gasteiger charge is -2.08. The standard InChI is InChI=1S/C15H16N2O3/c1-3-20-12-6-10(8-17-9-12)15(18)13-7-11(19-2)4-5-14(13)16/h4-9H,3,16H2,1-2H3. The highest BCUT2D eigenvalue weighted by molar-refractivity contribution is 6.12. The second-order valence-corrected chi connectivity index (χ2v) is 4.12. The topological polar surface area (TPSA) is 74.4 Å². The van der Waals surface area contributed by atoms with E-state index in [1.807, 2.05) is 6.92 Å². The van der Waals surface area contributed by atoms with Crippen molar-refractivity contribution < 1.29 is 14.3 Å². The van der Waals surface area contributed by atoms with Gasteiger partial charge in [-0.3, -0.25) is 9.78 Å². The van der Waals surface area contributed by atoms with Crippen LogP contribution in [0.4, 0.5) is 5.69 Å². The number of carbonyl (C=O) groups excluding carboxylic acids is 1. The van der Waals surface area contributed by atoms with E-state index in [0.717, 1.165) is 0 Å². The molecule has 1 aromatic heterocycles. The molecule has 0 spiro atoms. The lowest BCUT2D eigenvalue weighted by atomic mass is 10.0. The fourth-order valence-corrected chi connectivity index (χ4v) is 1.80. The summed E-state index contributed by atoms with van der Waals surface area (Å²) < 4.78 is 10.4. The molecular formula is C15H16N2O3. The van der Waals surface area contributed by atoms with Crippen LogP contribution in [0.2, 0.25) is 0 Å². The second kappa shape index (κ2) is 6.06. The zero-order valence-electron chi connectivity index (χ0n) is 11.4. The molecule has 2 aromatic rings. The van der Waals surface area contributed by atoms with Crippen molar-refractivity contribution in [1.29, 1.82) is 0 Å². The van der Waals surface area contributed by atoms with Gasteiger partial charge in [0.2, 0.25) is 0 Å². The number of pyridine rings is 1. The molecule has 2 N–H and O–H groups in total. The number of nitrogens with zero attached hydrogens (tertiary/aromatic N) is 1. The van der Waals surface area contributed by atoms with Gasteiger partial charge in [-0.2, -0.15) is 0 Å². The van der Waals surface area contributed by atoms with E-state index in [0.29, 0.717) is 34.9 Å². The Kier molecular flexibility index (Phi) is 4.20. The molecule has 0 unspecified atom stereocenters. The Balaban J connectivity index is 2.38. The van der Waals surface area contributed by atoms with Crippen LogP contribution in [0.15, 0.2) is 36.7 Å². The first-order chi connectivity index (χ1) is 9.65. The van der Waals surface area contributed by atoms with Crippen molar-refractivity contribution >= 4 is 11.5 Å². The SMILES string of the molecule is CCOc1cncc(C(=O)c2cc(OC)ccc2N)c1. The highest BCUT2D eigenvalue weighted by Gasteiger charge is 2.14. The van der Waals surface area contributed by atoms with Crippen molar-refractivity contribution in [1.82, 2.24) is 4.98 Å². The number of hydrogen-bond donors (Lipinski definition) is 1. The lowest BCUT2D eigenvalue weighted by Crippen LogP contribution is -2.07. The van der Waals surface area contributed by atoms with Gasteiger partial charge in [-0.25, -0.2) is 0 Å². The number of ketones is 1. The van der Waals surface area contributed by atoms with E-state index in [9.17, 15) is 4.79 Å². The van der Waals surface area contributed by atoms with Crippen LogP contribution >= 0.6 is 0 Å². The third-order valence-electron chi connectivity index (χ3n) is 2.79. The van der Waals surface area contributed by atoms with Crippen LogP contribution in [0.1, 0.15) is 22.8 Å². The molecule has 104 valence electrons. The summed E-state index contributed by atoms with van der Waals surface area (Å²) in [6.45, 7) is 2.38. The Labute approximate surface area is 117 Å². The summed E-state index contributed by atoms with van der Waals surface area (Å²) in [5, 5.41) is 0. The maximum Gasteiger partial charge on any atom is 0.196 e. The Hall–Kier alpha value is -2.56. The first kappa shape index (κ1) is 13.9. The summed E-state index contributed by atoms with van der Waals surface area (Å²) in [7, 11) is 1.54. The molecule has 0 saturated carbocycles. The van der Waals surface area contributed by atoms with E-state index in [4.69, 9.17) is 15.2 Å². The molecule has 0 saturated heterocycles. The van der Waals surface area contributed by atoms with Gasteiger partial charge in [0.05, 0.1) is 19.9 Å². The number of carbonyl (C=O) groups is 1. The maximum atomic E-state index is 12.5. The number of ether oxygens (including phenoxy) is 2. The van der Waals surface area contributed by atoms with Crippen LogP contribution in [-0.2, 0) is 0 Å². The predicted molar refractivity (Wildman–Crippen MR) is 76.2 cm³/mol. The molecule has 5 heteroatoms. The number of hydrogen-bond acceptors (Lipinski definition) is 5. The maximum absolute atomic E-state index is 12.5. The number of methoxy groups -OCH3 is 1. The molecular weight excluding hydrogens is 256 g/mol. The van der Waals surface area contributed by atoms with E-state index in [1.54, 1.807) is 30.5 Å². The van der Waals surface area contributed by atoms with Crippen molar-refractivity contribution in [3.8, 4) is 11.5 Å². The fourth-order valence-electron chi connectivity index (χ4n) is 1.80. The van der Waals surface area contributed by atoms with Gasteiger partial charge >= 0.3 is 0 Å². The second-order valence-electron chi connectivity index (χ2n) is 4.12. The van der Waals surface area contributed by atoms with Crippen LogP contribution in [0.3, 0.4) is 0 Å². The molecule has 5 nitrogen and oxygen atoms in total. The van der Waals surface area contributed by atoms with Crippen LogP contribution in [0.5, 0.6) is 11.5 Å². The van der Waals surface area contributed by atoms with Gasteiger partial charge in [0.1, 0.15) is 11.5 Å². The fraction of sp³-hybridized carbons (Fsp3) is 0.200. The summed E-state index contributed by atoms with van der Waals surface area (Å²) in [6.07, 6.45) is 3.05. The number of benzene rings is 1. The van der Waals surface area contributed by atoms with Crippen LogP contribution in [0.25, 0.3) is 0 Å². The number of nitrogens with two attached hydrogens (primary N) is 1. The average Bonchev–Trinajstić information content (AvgIpc) is 2.48. The molecule has 0 radical (unpaired) electrons. The highest BCUT2D eigenvalue weighted by Crippen LogP contribution is 2.23. The van der Waals surface area contributed by atoms with Gasteiger partial charge in [-0.1, -0.05) is 0 Å². The Morgan fingerprint density at radius 3 is 2.75 bits per heavy atom. The molecule has 0 atom stereocenters. The quantitative estimate of drug-likeness (QED) is 0.667. The molecule has 0 amide bonds. The van der Waals surface area contributed by atoms with Gasteiger partial charge < -0.3 is 15.2 Å². The number of aromatic nitrogens is 1. The Bertz CT molecular complexity index is 626. The van der Waals surface area contributed by atoms with E-state index >= 15 is 0 Å². The summed E-state index contributed by atoms with van der Waals surface area (Å²) in [5.41, 5.74) is 7.07. The zero-order valence-corrected chi connectivity index (χ0v) is 11.4. The molecule has 1 aromatic carbocycles.